The van der Waals surface area contributed by atoms with Gasteiger partial charge in [-0.1, -0.05) is 13.0 Å². The Morgan fingerprint density at radius 2 is 2.05 bits per heavy atom. The van der Waals surface area contributed by atoms with Crippen LogP contribution in [0.5, 0.6) is 0 Å². The summed E-state index contributed by atoms with van der Waals surface area (Å²) < 4.78 is 32.2. The van der Waals surface area contributed by atoms with Crippen molar-refractivity contribution in [3.63, 3.8) is 0 Å². The molecule has 0 aliphatic rings. The fourth-order valence-corrected chi connectivity index (χ4v) is 3.24. The molecule has 0 radical (unpaired) electrons. The number of ether oxygens (including phenoxy) is 1. The summed E-state index contributed by atoms with van der Waals surface area (Å²) in [5.74, 6) is -1.15. The molecule has 0 heterocycles. The summed E-state index contributed by atoms with van der Waals surface area (Å²) in [5, 5.41) is 8.98. The number of hydrogen-bond acceptors (Lipinski definition) is 4. The van der Waals surface area contributed by atoms with Crippen LogP contribution in [0.3, 0.4) is 0 Å². The van der Waals surface area contributed by atoms with E-state index in [-0.39, 0.29) is 17.0 Å². The highest BCUT2D eigenvalue weighted by molar-refractivity contribution is 7.89. The number of carboxylic acid groups (broad SMARTS) is 1. The standard InChI is InChI=1S/C14H21NO5S/c1-3-11-6-7-12(14(16)17)10-13(11)21(18,19)15-8-5-9-20-4-2/h6-7,10,15H,3-5,8-9H2,1-2H3,(H,16,17). The number of aryl methyl sites for hydroxylation is 1. The Bertz CT molecular complexity index is 583. The molecule has 1 aromatic carbocycles. The normalized spacial score (nSPS) is 11.5. The van der Waals surface area contributed by atoms with Crippen molar-refractivity contribution in [3.05, 3.63) is 29.3 Å². The Labute approximate surface area is 125 Å². The van der Waals surface area contributed by atoms with Crippen LogP contribution in [-0.2, 0) is 21.2 Å². The Morgan fingerprint density at radius 1 is 1.33 bits per heavy atom. The lowest BCUT2D eigenvalue weighted by atomic mass is 10.1. The molecule has 7 heteroatoms. The molecule has 0 unspecified atom stereocenters. The summed E-state index contributed by atoms with van der Waals surface area (Å²) in [6.07, 6.45) is 1.07. The molecule has 0 bridgehead atoms. The first-order chi connectivity index (χ1) is 9.92. The van der Waals surface area contributed by atoms with Crippen LogP contribution in [0.4, 0.5) is 0 Å². The molecule has 0 saturated heterocycles. The summed E-state index contributed by atoms with van der Waals surface area (Å²) >= 11 is 0. The van der Waals surface area contributed by atoms with Crippen molar-refractivity contribution in [1.82, 2.24) is 4.72 Å². The average molecular weight is 315 g/mol. The van der Waals surface area contributed by atoms with Crippen molar-refractivity contribution in [2.24, 2.45) is 0 Å². The molecule has 6 nitrogen and oxygen atoms in total. The van der Waals surface area contributed by atoms with Gasteiger partial charge in [-0.05, 0) is 37.5 Å². The van der Waals surface area contributed by atoms with Gasteiger partial charge in [0.1, 0.15) is 0 Å². The van der Waals surface area contributed by atoms with Crippen LogP contribution < -0.4 is 4.72 Å². The second kappa shape index (κ2) is 8.11. The molecule has 2 N–H and O–H groups in total. The Morgan fingerprint density at radius 3 is 2.62 bits per heavy atom. The van der Waals surface area contributed by atoms with Gasteiger partial charge in [0, 0.05) is 19.8 Å². The van der Waals surface area contributed by atoms with Gasteiger partial charge in [-0.2, -0.15) is 0 Å². The van der Waals surface area contributed by atoms with Crippen LogP contribution in [0.2, 0.25) is 0 Å². The van der Waals surface area contributed by atoms with E-state index in [2.05, 4.69) is 4.72 Å². The summed E-state index contributed by atoms with van der Waals surface area (Å²) in [5.41, 5.74) is 0.555. The first-order valence-electron chi connectivity index (χ1n) is 6.86. The molecule has 0 aliphatic heterocycles. The monoisotopic (exact) mass is 315 g/mol. The molecule has 0 fully saturated rings. The van der Waals surface area contributed by atoms with Gasteiger partial charge in [0.15, 0.2) is 0 Å². The number of rotatable bonds is 9. The lowest BCUT2D eigenvalue weighted by Crippen LogP contribution is -2.26. The van der Waals surface area contributed by atoms with Crippen LogP contribution in [0.25, 0.3) is 0 Å². The van der Waals surface area contributed by atoms with Crippen LogP contribution in [-0.4, -0.2) is 39.3 Å². The summed E-state index contributed by atoms with van der Waals surface area (Å²) in [6.45, 7) is 5.02. The van der Waals surface area contributed by atoms with Crippen molar-refractivity contribution in [2.75, 3.05) is 19.8 Å². The van der Waals surface area contributed by atoms with Crippen molar-refractivity contribution in [1.29, 1.82) is 0 Å². The maximum absolute atomic E-state index is 12.3. The first-order valence-corrected chi connectivity index (χ1v) is 8.34. The molecule has 0 aromatic heterocycles. The highest BCUT2D eigenvalue weighted by Gasteiger charge is 2.19. The molecule has 0 amide bonds. The van der Waals surface area contributed by atoms with Crippen molar-refractivity contribution < 1.29 is 23.1 Å². The van der Waals surface area contributed by atoms with E-state index in [0.29, 0.717) is 31.6 Å². The van der Waals surface area contributed by atoms with Crippen LogP contribution in [0.1, 0.15) is 36.2 Å². The Kier molecular flexibility index (Phi) is 6.80. The van der Waals surface area contributed by atoms with Crippen LogP contribution in [0, 0.1) is 0 Å². The predicted octanol–water partition coefficient (Wildman–Crippen LogP) is 1.65. The number of carbonyl (C=O) groups is 1. The fraction of sp³-hybridized carbons (Fsp3) is 0.500. The number of carboxylic acids is 1. The van der Waals surface area contributed by atoms with Crippen molar-refractivity contribution in [2.45, 2.75) is 31.6 Å². The maximum Gasteiger partial charge on any atom is 0.335 e. The Hall–Kier alpha value is -1.44. The average Bonchev–Trinajstić information content (AvgIpc) is 2.46. The van der Waals surface area contributed by atoms with E-state index in [1.807, 2.05) is 13.8 Å². The minimum Gasteiger partial charge on any atom is -0.478 e. The third-order valence-electron chi connectivity index (χ3n) is 2.95. The second-order valence-electron chi connectivity index (χ2n) is 4.43. The smallest absolute Gasteiger partial charge is 0.335 e. The zero-order valence-electron chi connectivity index (χ0n) is 12.3. The number of aromatic carboxylic acids is 1. The van der Waals surface area contributed by atoms with E-state index < -0.39 is 16.0 Å². The van der Waals surface area contributed by atoms with E-state index in [4.69, 9.17) is 9.84 Å². The van der Waals surface area contributed by atoms with E-state index in [0.717, 1.165) is 0 Å². The van der Waals surface area contributed by atoms with Gasteiger partial charge in [0.05, 0.1) is 10.5 Å². The third-order valence-corrected chi connectivity index (χ3v) is 4.49. The summed E-state index contributed by atoms with van der Waals surface area (Å²) in [6, 6.07) is 4.15. The SMILES string of the molecule is CCOCCCNS(=O)(=O)c1cc(C(=O)O)ccc1CC. The summed E-state index contributed by atoms with van der Waals surface area (Å²) in [7, 11) is -3.72. The van der Waals surface area contributed by atoms with Gasteiger partial charge >= 0.3 is 5.97 Å². The molecule has 118 valence electrons. The minimum absolute atomic E-state index is 0.0290. The number of sulfonamides is 1. The Balaban J connectivity index is 2.90. The van der Waals surface area contributed by atoms with Gasteiger partial charge in [-0.15, -0.1) is 0 Å². The van der Waals surface area contributed by atoms with E-state index in [1.54, 1.807) is 0 Å². The minimum atomic E-state index is -3.72. The highest BCUT2D eigenvalue weighted by Crippen LogP contribution is 2.18. The molecule has 1 rings (SSSR count). The van der Waals surface area contributed by atoms with E-state index in [1.165, 1.54) is 18.2 Å². The van der Waals surface area contributed by atoms with Gasteiger partial charge in [0.25, 0.3) is 0 Å². The van der Waals surface area contributed by atoms with Crippen molar-refractivity contribution in [3.8, 4) is 0 Å². The molecule has 0 atom stereocenters. The van der Waals surface area contributed by atoms with E-state index in [9.17, 15) is 13.2 Å². The quantitative estimate of drug-likeness (QED) is 0.676. The lowest BCUT2D eigenvalue weighted by Gasteiger charge is -2.11. The number of hydrogen-bond donors (Lipinski definition) is 2. The summed E-state index contributed by atoms with van der Waals surface area (Å²) in [4.78, 5) is 11.0. The van der Waals surface area contributed by atoms with Crippen LogP contribution in [0.15, 0.2) is 23.1 Å². The highest BCUT2D eigenvalue weighted by atomic mass is 32.2. The van der Waals surface area contributed by atoms with Crippen molar-refractivity contribution >= 4 is 16.0 Å². The zero-order chi connectivity index (χ0) is 15.9. The molecular formula is C14H21NO5S. The van der Waals surface area contributed by atoms with Gasteiger partial charge in [0.2, 0.25) is 10.0 Å². The first kappa shape index (κ1) is 17.6. The molecule has 1 aromatic rings. The van der Waals surface area contributed by atoms with E-state index >= 15 is 0 Å². The van der Waals surface area contributed by atoms with Gasteiger partial charge in [-0.25, -0.2) is 17.9 Å². The molecule has 0 saturated carbocycles. The molecule has 21 heavy (non-hydrogen) atoms. The number of benzene rings is 1. The number of nitrogens with one attached hydrogen (secondary N) is 1. The largest absolute Gasteiger partial charge is 0.478 e. The predicted molar refractivity (Wildman–Crippen MR) is 79.1 cm³/mol. The fourth-order valence-electron chi connectivity index (χ4n) is 1.83. The lowest BCUT2D eigenvalue weighted by molar-refractivity contribution is 0.0696. The molecule has 0 spiro atoms. The maximum atomic E-state index is 12.3. The molecular weight excluding hydrogens is 294 g/mol. The van der Waals surface area contributed by atoms with Gasteiger partial charge < -0.3 is 9.84 Å². The van der Waals surface area contributed by atoms with Gasteiger partial charge in [-0.3, -0.25) is 0 Å². The van der Waals surface area contributed by atoms with Crippen LogP contribution >= 0.6 is 0 Å². The topological polar surface area (TPSA) is 92.7 Å². The molecule has 0 aliphatic carbocycles. The third kappa shape index (κ3) is 5.11. The zero-order valence-corrected chi connectivity index (χ0v) is 13.1. The second-order valence-corrected chi connectivity index (χ2v) is 6.16.